The number of hydrogen-bond donors (Lipinski definition) is 0. The number of piperidine rings is 1. The van der Waals surface area contributed by atoms with Gasteiger partial charge in [0, 0.05) is 32.7 Å². The van der Waals surface area contributed by atoms with Crippen molar-refractivity contribution in [2.45, 2.75) is 19.4 Å². The van der Waals surface area contributed by atoms with Crippen molar-refractivity contribution in [2.75, 3.05) is 45.9 Å². The summed E-state index contributed by atoms with van der Waals surface area (Å²) in [5.74, 6) is 0.751. The molecule has 1 aromatic carbocycles. The molecule has 2 heterocycles. The minimum Gasteiger partial charge on any atom is -0.379 e. The highest BCUT2D eigenvalue weighted by molar-refractivity contribution is 5.37. The second-order valence-electron chi connectivity index (χ2n) is 6.43. The van der Waals surface area contributed by atoms with E-state index in [2.05, 4.69) is 21.9 Å². The predicted octanol–water partition coefficient (Wildman–Crippen LogP) is 2.10. The van der Waals surface area contributed by atoms with Crippen LogP contribution in [0.2, 0.25) is 0 Å². The smallest absolute Gasteiger partial charge is 0.0995 e. The third-order valence-electron chi connectivity index (χ3n) is 4.75. The average molecular weight is 299 g/mol. The van der Waals surface area contributed by atoms with Gasteiger partial charge in [0.05, 0.1) is 24.8 Å². The van der Waals surface area contributed by atoms with Gasteiger partial charge in [0.1, 0.15) is 0 Å². The van der Waals surface area contributed by atoms with E-state index in [9.17, 15) is 5.26 Å². The minimum atomic E-state index is 0.751. The van der Waals surface area contributed by atoms with Crippen molar-refractivity contribution in [3.05, 3.63) is 35.4 Å². The van der Waals surface area contributed by atoms with Crippen LogP contribution in [0.3, 0.4) is 0 Å². The number of rotatable bonds is 4. The lowest BCUT2D eigenvalue weighted by Gasteiger charge is -2.36. The van der Waals surface area contributed by atoms with Crippen molar-refractivity contribution < 1.29 is 4.74 Å². The Morgan fingerprint density at radius 3 is 2.77 bits per heavy atom. The summed E-state index contributed by atoms with van der Waals surface area (Å²) in [6.07, 6.45) is 2.59. The molecule has 0 amide bonds. The number of hydrogen-bond acceptors (Lipinski definition) is 4. The Morgan fingerprint density at radius 1 is 1.14 bits per heavy atom. The Labute approximate surface area is 133 Å². The molecule has 2 aliphatic heterocycles. The maximum Gasteiger partial charge on any atom is 0.0995 e. The molecule has 2 fully saturated rings. The molecule has 4 heteroatoms. The maximum absolute atomic E-state index is 9.23. The maximum atomic E-state index is 9.23. The van der Waals surface area contributed by atoms with Crippen molar-refractivity contribution in [3.8, 4) is 6.07 Å². The first-order chi connectivity index (χ1) is 10.8. The number of morpholine rings is 1. The largest absolute Gasteiger partial charge is 0.379 e. The van der Waals surface area contributed by atoms with E-state index in [0.717, 1.165) is 63.0 Å². The summed E-state index contributed by atoms with van der Waals surface area (Å²) in [5.41, 5.74) is 1.98. The van der Waals surface area contributed by atoms with E-state index in [1.54, 1.807) is 0 Å². The Morgan fingerprint density at radius 2 is 1.95 bits per heavy atom. The van der Waals surface area contributed by atoms with E-state index >= 15 is 0 Å². The quantitative estimate of drug-likeness (QED) is 0.853. The van der Waals surface area contributed by atoms with Gasteiger partial charge in [0.25, 0.3) is 0 Å². The molecule has 2 saturated heterocycles. The lowest BCUT2D eigenvalue weighted by atomic mass is 9.96. The van der Waals surface area contributed by atoms with E-state index in [1.165, 1.54) is 19.4 Å². The van der Waals surface area contributed by atoms with Gasteiger partial charge in [-0.25, -0.2) is 0 Å². The molecule has 0 spiro atoms. The predicted molar refractivity (Wildman–Crippen MR) is 86.4 cm³/mol. The third-order valence-corrected chi connectivity index (χ3v) is 4.75. The Hall–Kier alpha value is -1.41. The summed E-state index contributed by atoms with van der Waals surface area (Å²) < 4.78 is 5.43. The first-order valence-corrected chi connectivity index (χ1v) is 8.35. The molecule has 0 unspecified atom stereocenters. The fraction of sp³-hybridized carbons (Fsp3) is 0.611. The molecule has 1 aromatic rings. The zero-order valence-electron chi connectivity index (χ0n) is 13.2. The average Bonchev–Trinajstić information content (AvgIpc) is 2.57. The van der Waals surface area contributed by atoms with Gasteiger partial charge in [0.2, 0.25) is 0 Å². The van der Waals surface area contributed by atoms with Gasteiger partial charge in [-0.3, -0.25) is 9.80 Å². The molecule has 118 valence electrons. The van der Waals surface area contributed by atoms with Crippen LogP contribution in [-0.2, 0) is 11.3 Å². The van der Waals surface area contributed by atoms with Crippen LogP contribution in [0.15, 0.2) is 24.3 Å². The molecular weight excluding hydrogens is 274 g/mol. The van der Waals surface area contributed by atoms with Crippen LogP contribution < -0.4 is 0 Å². The van der Waals surface area contributed by atoms with Crippen LogP contribution in [0, 0.1) is 17.2 Å². The summed E-state index contributed by atoms with van der Waals surface area (Å²) in [6.45, 7) is 8.32. The SMILES string of the molecule is N#Cc1ccccc1CN1CCC[C@H](CN2CCOCC2)C1. The lowest BCUT2D eigenvalue weighted by molar-refractivity contribution is 0.0224. The second kappa shape index (κ2) is 7.73. The van der Waals surface area contributed by atoms with Gasteiger partial charge in [-0.05, 0) is 36.9 Å². The molecule has 0 aromatic heterocycles. The Balaban J connectivity index is 1.55. The molecule has 0 bridgehead atoms. The molecule has 2 aliphatic rings. The zero-order valence-corrected chi connectivity index (χ0v) is 13.2. The van der Waals surface area contributed by atoms with Crippen molar-refractivity contribution in [1.29, 1.82) is 5.26 Å². The molecule has 3 rings (SSSR count). The third kappa shape index (κ3) is 4.07. The fourth-order valence-corrected chi connectivity index (χ4v) is 3.60. The summed E-state index contributed by atoms with van der Waals surface area (Å²) >= 11 is 0. The van der Waals surface area contributed by atoms with Crippen LogP contribution in [0.1, 0.15) is 24.0 Å². The van der Waals surface area contributed by atoms with Crippen LogP contribution in [-0.4, -0.2) is 55.7 Å². The molecular formula is C18H25N3O. The highest BCUT2D eigenvalue weighted by Gasteiger charge is 2.23. The molecule has 0 saturated carbocycles. The molecule has 0 aliphatic carbocycles. The highest BCUT2D eigenvalue weighted by Crippen LogP contribution is 2.21. The van der Waals surface area contributed by atoms with Crippen molar-refractivity contribution >= 4 is 0 Å². The van der Waals surface area contributed by atoms with Crippen LogP contribution in [0.4, 0.5) is 0 Å². The van der Waals surface area contributed by atoms with Crippen molar-refractivity contribution in [2.24, 2.45) is 5.92 Å². The van der Waals surface area contributed by atoms with Crippen LogP contribution in [0.25, 0.3) is 0 Å². The van der Waals surface area contributed by atoms with E-state index in [-0.39, 0.29) is 0 Å². The minimum absolute atomic E-state index is 0.751. The van der Waals surface area contributed by atoms with Gasteiger partial charge in [0.15, 0.2) is 0 Å². The fourth-order valence-electron chi connectivity index (χ4n) is 3.60. The first-order valence-electron chi connectivity index (χ1n) is 8.35. The zero-order chi connectivity index (χ0) is 15.2. The monoisotopic (exact) mass is 299 g/mol. The summed E-state index contributed by atoms with van der Waals surface area (Å²) in [5, 5.41) is 9.23. The normalized spacial score (nSPS) is 24.0. The van der Waals surface area contributed by atoms with Gasteiger partial charge in [-0.2, -0.15) is 5.26 Å². The van der Waals surface area contributed by atoms with Crippen molar-refractivity contribution in [1.82, 2.24) is 9.80 Å². The standard InChI is InChI=1S/C18H25N3O/c19-12-17-5-1-2-6-18(17)15-21-7-3-4-16(14-21)13-20-8-10-22-11-9-20/h1-2,5-6,16H,3-4,7-11,13-15H2/t16-/m1/s1. The van der Waals surface area contributed by atoms with Gasteiger partial charge < -0.3 is 4.74 Å². The van der Waals surface area contributed by atoms with Crippen LogP contribution in [0.5, 0.6) is 0 Å². The van der Waals surface area contributed by atoms with E-state index < -0.39 is 0 Å². The number of nitrogens with zero attached hydrogens (tertiary/aromatic N) is 3. The van der Waals surface area contributed by atoms with Crippen LogP contribution >= 0.6 is 0 Å². The number of nitriles is 1. The van der Waals surface area contributed by atoms with E-state index in [0.29, 0.717) is 0 Å². The van der Waals surface area contributed by atoms with Crippen molar-refractivity contribution in [3.63, 3.8) is 0 Å². The number of likely N-dealkylation sites (tertiary alicyclic amines) is 1. The topological polar surface area (TPSA) is 39.5 Å². The van der Waals surface area contributed by atoms with Gasteiger partial charge in [-0.1, -0.05) is 18.2 Å². The number of benzene rings is 1. The molecule has 0 radical (unpaired) electrons. The number of ether oxygens (including phenoxy) is 1. The molecule has 22 heavy (non-hydrogen) atoms. The lowest BCUT2D eigenvalue weighted by Crippen LogP contribution is -2.44. The van der Waals surface area contributed by atoms with E-state index in [1.807, 2.05) is 18.2 Å². The van der Waals surface area contributed by atoms with Gasteiger partial charge in [-0.15, -0.1) is 0 Å². The molecule has 0 N–H and O–H groups in total. The van der Waals surface area contributed by atoms with E-state index in [4.69, 9.17) is 4.74 Å². The Kier molecular flexibility index (Phi) is 5.44. The van der Waals surface area contributed by atoms with Gasteiger partial charge >= 0.3 is 0 Å². The second-order valence-corrected chi connectivity index (χ2v) is 6.43. The summed E-state index contributed by atoms with van der Waals surface area (Å²) in [6, 6.07) is 10.3. The first kappa shape index (κ1) is 15.5. The highest BCUT2D eigenvalue weighted by atomic mass is 16.5. The molecule has 4 nitrogen and oxygen atoms in total. The molecule has 1 atom stereocenters. The summed E-state index contributed by atoms with van der Waals surface area (Å²) in [7, 11) is 0. The summed E-state index contributed by atoms with van der Waals surface area (Å²) in [4.78, 5) is 5.06. The Bertz CT molecular complexity index is 519.